The highest BCUT2D eigenvalue weighted by Crippen LogP contribution is 2.32. The van der Waals surface area contributed by atoms with Gasteiger partial charge in [-0.1, -0.05) is 12.5 Å². The first-order chi connectivity index (χ1) is 17.3. The number of rotatable bonds is 6. The fraction of sp³-hybridized carbons (Fsp3) is 0.320. The maximum absolute atomic E-state index is 14.8. The average Bonchev–Trinajstić information content (AvgIpc) is 3.44. The minimum absolute atomic E-state index is 0.0821. The van der Waals surface area contributed by atoms with Gasteiger partial charge in [0.15, 0.2) is 5.69 Å². The van der Waals surface area contributed by atoms with Crippen LogP contribution in [-0.2, 0) is 9.53 Å². The van der Waals surface area contributed by atoms with Gasteiger partial charge in [-0.05, 0) is 43.0 Å². The molecule has 1 fully saturated rings. The number of primary amides is 1. The summed E-state index contributed by atoms with van der Waals surface area (Å²) >= 11 is 0. The standard InChI is InChI=1S/C25H26FN7O3/c1-5-22(34)32-12-16(9-17(32)13-36-4)33-25(28-3)23(24(27)35)20(31-33)7-6-15-8-21-18(10-19(15)26)14(2)11-29-30-21/h5,8,10-11,16-17,28H,1,9,12-13H2,2-4H3,(H2,27,35)/t16?,17-/m1/s1. The molecule has 4 rings (SSSR count). The molecule has 2 atom stereocenters. The first-order valence-electron chi connectivity index (χ1n) is 11.2. The van der Waals surface area contributed by atoms with Crippen molar-refractivity contribution >= 4 is 28.5 Å². The Bertz CT molecular complexity index is 1420. The molecule has 186 valence electrons. The Morgan fingerprint density at radius 3 is 2.83 bits per heavy atom. The highest BCUT2D eigenvalue weighted by molar-refractivity contribution is 6.00. The van der Waals surface area contributed by atoms with Gasteiger partial charge < -0.3 is 20.7 Å². The molecule has 2 aromatic heterocycles. The number of hydrogen-bond acceptors (Lipinski definition) is 7. The van der Waals surface area contributed by atoms with E-state index in [9.17, 15) is 14.0 Å². The molecule has 0 spiro atoms. The van der Waals surface area contributed by atoms with E-state index in [1.807, 2.05) is 6.92 Å². The number of nitrogens with two attached hydrogens (primary N) is 1. The predicted molar refractivity (Wildman–Crippen MR) is 132 cm³/mol. The number of amides is 2. The molecule has 1 aliphatic heterocycles. The molecular formula is C25H26FN7O3. The number of ether oxygens (including phenoxy) is 1. The Hall–Kier alpha value is -4.30. The molecule has 0 radical (unpaired) electrons. The number of anilines is 1. The fourth-order valence-electron chi connectivity index (χ4n) is 4.50. The van der Waals surface area contributed by atoms with Crippen LogP contribution >= 0.6 is 0 Å². The van der Waals surface area contributed by atoms with E-state index in [0.717, 1.165) is 5.56 Å². The topological polar surface area (TPSA) is 128 Å². The second-order valence-corrected chi connectivity index (χ2v) is 8.45. The normalized spacial score (nSPS) is 17.1. The van der Waals surface area contributed by atoms with Gasteiger partial charge >= 0.3 is 0 Å². The summed E-state index contributed by atoms with van der Waals surface area (Å²) in [5, 5.41) is 16.1. The molecule has 0 aliphatic carbocycles. The summed E-state index contributed by atoms with van der Waals surface area (Å²) in [6, 6.07) is 2.39. The van der Waals surface area contributed by atoms with Crippen LogP contribution < -0.4 is 11.1 Å². The highest BCUT2D eigenvalue weighted by atomic mass is 19.1. The van der Waals surface area contributed by atoms with Crippen LogP contribution in [0.5, 0.6) is 0 Å². The summed E-state index contributed by atoms with van der Waals surface area (Å²) in [4.78, 5) is 26.4. The van der Waals surface area contributed by atoms with Crippen molar-refractivity contribution in [2.75, 3.05) is 32.6 Å². The maximum Gasteiger partial charge on any atom is 0.255 e. The van der Waals surface area contributed by atoms with E-state index in [0.29, 0.717) is 36.3 Å². The largest absolute Gasteiger partial charge is 0.383 e. The minimum Gasteiger partial charge on any atom is -0.383 e. The average molecular weight is 492 g/mol. The van der Waals surface area contributed by atoms with Crippen LogP contribution in [0.25, 0.3) is 10.9 Å². The molecule has 36 heavy (non-hydrogen) atoms. The number of halogens is 1. The molecule has 1 aromatic carbocycles. The summed E-state index contributed by atoms with van der Waals surface area (Å²) in [7, 11) is 3.20. The first-order valence-corrected chi connectivity index (χ1v) is 11.2. The van der Waals surface area contributed by atoms with Gasteiger partial charge in [0.05, 0.1) is 36.0 Å². The third kappa shape index (κ3) is 4.50. The van der Waals surface area contributed by atoms with Crippen molar-refractivity contribution in [1.82, 2.24) is 24.9 Å². The van der Waals surface area contributed by atoms with Gasteiger partial charge in [0.2, 0.25) is 5.91 Å². The third-order valence-electron chi connectivity index (χ3n) is 6.19. The van der Waals surface area contributed by atoms with Crippen molar-refractivity contribution in [2.45, 2.75) is 25.4 Å². The van der Waals surface area contributed by atoms with Gasteiger partial charge in [-0.2, -0.15) is 15.3 Å². The summed E-state index contributed by atoms with van der Waals surface area (Å²) < 4.78 is 21.7. The lowest BCUT2D eigenvalue weighted by molar-refractivity contribution is -0.127. The van der Waals surface area contributed by atoms with E-state index in [1.165, 1.54) is 18.2 Å². The highest BCUT2D eigenvalue weighted by Gasteiger charge is 2.37. The summed E-state index contributed by atoms with van der Waals surface area (Å²) in [6.07, 6.45) is 3.34. The second kappa shape index (κ2) is 10.1. The van der Waals surface area contributed by atoms with E-state index in [4.69, 9.17) is 10.5 Å². The molecule has 3 heterocycles. The molecule has 3 N–H and O–H groups in total. The van der Waals surface area contributed by atoms with E-state index in [1.54, 1.807) is 29.9 Å². The lowest BCUT2D eigenvalue weighted by atomic mass is 10.1. The number of hydrogen-bond donors (Lipinski definition) is 2. The van der Waals surface area contributed by atoms with Crippen LogP contribution in [-0.4, -0.2) is 70.0 Å². The Kier molecular flexibility index (Phi) is 6.98. The zero-order valence-corrected chi connectivity index (χ0v) is 20.2. The van der Waals surface area contributed by atoms with Gasteiger partial charge in [0.25, 0.3) is 5.91 Å². The Labute approximate surface area is 207 Å². The number of carbonyl (C=O) groups excluding carboxylic acids is 2. The fourth-order valence-corrected chi connectivity index (χ4v) is 4.50. The predicted octanol–water partition coefficient (Wildman–Crippen LogP) is 1.79. The number of likely N-dealkylation sites (tertiary alicyclic amines) is 1. The number of aryl methyl sites for hydroxylation is 1. The van der Waals surface area contributed by atoms with Crippen LogP contribution in [0, 0.1) is 24.6 Å². The SMILES string of the molecule is C=CC(=O)N1CC(n2nc(C#Cc3cc4nncc(C)c4cc3F)c(C(N)=O)c2NC)C[C@@H]1COC. The number of aromatic nitrogens is 4. The first kappa shape index (κ1) is 24.8. The van der Waals surface area contributed by atoms with Crippen LogP contribution in [0.15, 0.2) is 31.0 Å². The molecule has 3 aromatic rings. The second-order valence-electron chi connectivity index (χ2n) is 8.45. The summed E-state index contributed by atoms with van der Waals surface area (Å²) in [5.41, 5.74) is 7.23. The minimum atomic E-state index is -0.735. The van der Waals surface area contributed by atoms with Crippen molar-refractivity contribution in [3.8, 4) is 11.8 Å². The number of nitrogens with one attached hydrogen (secondary N) is 1. The van der Waals surface area contributed by atoms with E-state index >= 15 is 0 Å². The molecule has 2 amide bonds. The number of benzene rings is 1. The lowest BCUT2D eigenvalue weighted by Crippen LogP contribution is -2.37. The Morgan fingerprint density at radius 1 is 1.39 bits per heavy atom. The molecule has 0 saturated carbocycles. The van der Waals surface area contributed by atoms with Crippen LogP contribution in [0.2, 0.25) is 0 Å². The Morgan fingerprint density at radius 2 is 2.17 bits per heavy atom. The quantitative estimate of drug-likeness (QED) is 0.397. The number of carbonyl (C=O) groups is 2. The summed E-state index contributed by atoms with van der Waals surface area (Å²) in [5.74, 6) is 4.43. The number of methoxy groups -OCH3 is 1. The summed E-state index contributed by atoms with van der Waals surface area (Å²) in [6.45, 7) is 6.06. The zero-order valence-electron chi connectivity index (χ0n) is 20.2. The zero-order chi connectivity index (χ0) is 26.0. The molecule has 1 aliphatic rings. The Balaban J connectivity index is 1.76. The van der Waals surface area contributed by atoms with Crippen LogP contribution in [0.1, 0.15) is 39.6 Å². The van der Waals surface area contributed by atoms with Crippen molar-refractivity contribution < 1.29 is 18.7 Å². The van der Waals surface area contributed by atoms with Crippen molar-refractivity contribution in [2.24, 2.45) is 5.73 Å². The van der Waals surface area contributed by atoms with E-state index in [2.05, 4.69) is 39.0 Å². The molecular weight excluding hydrogens is 465 g/mol. The van der Waals surface area contributed by atoms with Crippen molar-refractivity contribution in [3.05, 3.63) is 59.2 Å². The molecule has 1 saturated heterocycles. The monoisotopic (exact) mass is 491 g/mol. The van der Waals surface area contributed by atoms with Gasteiger partial charge in [0.1, 0.15) is 17.2 Å². The van der Waals surface area contributed by atoms with Gasteiger partial charge in [-0.15, -0.1) is 0 Å². The molecule has 0 bridgehead atoms. The maximum atomic E-state index is 14.8. The van der Waals surface area contributed by atoms with Gasteiger partial charge in [-0.3, -0.25) is 9.59 Å². The van der Waals surface area contributed by atoms with Gasteiger partial charge in [-0.25, -0.2) is 9.07 Å². The van der Waals surface area contributed by atoms with E-state index < -0.39 is 11.7 Å². The van der Waals surface area contributed by atoms with Crippen LogP contribution in [0.3, 0.4) is 0 Å². The lowest BCUT2D eigenvalue weighted by Gasteiger charge is -2.22. The van der Waals surface area contributed by atoms with Gasteiger partial charge in [0, 0.05) is 26.1 Å². The van der Waals surface area contributed by atoms with E-state index in [-0.39, 0.29) is 34.8 Å². The van der Waals surface area contributed by atoms with Crippen LogP contribution in [0.4, 0.5) is 10.2 Å². The third-order valence-corrected chi connectivity index (χ3v) is 6.19. The number of nitrogens with zero attached hydrogens (tertiary/aromatic N) is 5. The van der Waals surface area contributed by atoms with Crippen molar-refractivity contribution in [3.63, 3.8) is 0 Å². The number of fused-ring (bicyclic) bond motifs is 1. The smallest absolute Gasteiger partial charge is 0.255 e. The molecule has 10 nitrogen and oxygen atoms in total. The molecule has 11 heteroatoms. The van der Waals surface area contributed by atoms with Crippen molar-refractivity contribution in [1.29, 1.82) is 0 Å². The molecule has 1 unspecified atom stereocenters.